The molecule has 3 aromatic rings. The van der Waals surface area contributed by atoms with Crippen molar-refractivity contribution in [3.8, 4) is 5.75 Å². The van der Waals surface area contributed by atoms with Gasteiger partial charge in [0.05, 0.1) is 24.2 Å². The molecule has 1 aliphatic heterocycles. The monoisotopic (exact) mass is 443 g/mol. The Bertz CT molecular complexity index is 1130. The number of ether oxygens (including phenoxy) is 1. The fourth-order valence-corrected chi connectivity index (χ4v) is 4.91. The van der Waals surface area contributed by atoms with Gasteiger partial charge in [-0.1, -0.05) is 35.0 Å². The largest absolute Gasteiger partial charge is 0.497 e. The fraction of sp³-hybridized carbons (Fsp3) is 0.364. The van der Waals surface area contributed by atoms with Crippen LogP contribution in [0.25, 0.3) is 0 Å². The summed E-state index contributed by atoms with van der Waals surface area (Å²) < 4.78 is 35.9. The van der Waals surface area contributed by atoms with Gasteiger partial charge in [-0.15, -0.1) is 0 Å². The number of hydrogen-bond donors (Lipinski definition) is 1. The third-order valence-corrected chi connectivity index (χ3v) is 7.02. The van der Waals surface area contributed by atoms with E-state index < -0.39 is 15.9 Å². The van der Waals surface area contributed by atoms with Crippen LogP contribution in [-0.2, 0) is 22.1 Å². The molecule has 0 spiro atoms. The molecule has 4 rings (SSSR count). The highest BCUT2D eigenvalue weighted by Crippen LogP contribution is 2.33. The van der Waals surface area contributed by atoms with Crippen molar-refractivity contribution >= 4 is 9.84 Å². The summed E-state index contributed by atoms with van der Waals surface area (Å²) in [5.74, 6) is 0.867. The molecule has 0 saturated carbocycles. The molecule has 8 nitrogen and oxygen atoms in total. The second-order valence-electron chi connectivity index (χ2n) is 7.80. The van der Waals surface area contributed by atoms with Gasteiger partial charge in [-0.2, -0.15) is 4.98 Å². The Balaban J connectivity index is 1.49. The van der Waals surface area contributed by atoms with Crippen molar-refractivity contribution in [2.24, 2.45) is 0 Å². The molecule has 1 saturated heterocycles. The molecule has 0 aliphatic carbocycles. The molecule has 1 aliphatic rings. The van der Waals surface area contributed by atoms with Gasteiger partial charge in [0, 0.05) is 13.1 Å². The lowest BCUT2D eigenvalue weighted by Crippen LogP contribution is -2.24. The maximum atomic E-state index is 12.7. The molecule has 1 fully saturated rings. The number of rotatable bonds is 7. The van der Waals surface area contributed by atoms with Crippen LogP contribution in [0.3, 0.4) is 0 Å². The summed E-state index contributed by atoms with van der Waals surface area (Å²) in [7, 11) is -1.96. The summed E-state index contributed by atoms with van der Waals surface area (Å²) >= 11 is 0. The molecule has 9 heteroatoms. The van der Waals surface area contributed by atoms with E-state index >= 15 is 0 Å². The van der Waals surface area contributed by atoms with Gasteiger partial charge in [-0.3, -0.25) is 4.90 Å². The van der Waals surface area contributed by atoms with Crippen molar-refractivity contribution in [2.75, 3.05) is 13.7 Å². The Morgan fingerprint density at radius 3 is 2.55 bits per heavy atom. The first-order chi connectivity index (χ1) is 14.8. The number of aliphatic hydroxyl groups excluding tert-OH is 1. The van der Waals surface area contributed by atoms with Crippen molar-refractivity contribution in [2.45, 2.75) is 42.7 Å². The lowest BCUT2D eigenvalue weighted by atomic mass is 10.1. The number of nitrogens with zero attached hydrogens (tertiary/aromatic N) is 3. The minimum atomic E-state index is -3.58. The summed E-state index contributed by atoms with van der Waals surface area (Å²) in [6.07, 6.45) is -0.0717. The maximum Gasteiger partial charge on any atom is 0.244 e. The molecule has 0 amide bonds. The molecule has 2 atom stereocenters. The average Bonchev–Trinajstić information content (AvgIpc) is 3.34. The Labute approximate surface area is 181 Å². The average molecular weight is 444 g/mol. The number of benzene rings is 2. The molecule has 2 aromatic carbocycles. The van der Waals surface area contributed by atoms with Gasteiger partial charge in [0.25, 0.3) is 0 Å². The number of aliphatic hydroxyl groups is 1. The van der Waals surface area contributed by atoms with Crippen LogP contribution >= 0.6 is 0 Å². The minimum absolute atomic E-state index is 0.112. The van der Waals surface area contributed by atoms with E-state index in [1.807, 2.05) is 31.2 Å². The first-order valence-corrected chi connectivity index (χ1v) is 11.7. The number of methoxy groups -OCH3 is 1. The lowest BCUT2D eigenvalue weighted by molar-refractivity contribution is 0.169. The molecule has 2 unspecified atom stereocenters. The van der Waals surface area contributed by atoms with Gasteiger partial charge in [0.2, 0.25) is 5.89 Å². The van der Waals surface area contributed by atoms with Crippen LogP contribution in [0.15, 0.2) is 57.9 Å². The highest BCUT2D eigenvalue weighted by atomic mass is 32.2. The van der Waals surface area contributed by atoms with Crippen molar-refractivity contribution in [3.63, 3.8) is 0 Å². The van der Waals surface area contributed by atoms with E-state index in [0.717, 1.165) is 16.9 Å². The van der Waals surface area contributed by atoms with Crippen LogP contribution < -0.4 is 4.74 Å². The summed E-state index contributed by atoms with van der Waals surface area (Å²) in [4.78, 5) is 6.62. The molecule has 31 heavy (non-hydrogen) atoms. The number of sulfone groups is 1. The van der Waals surface area contributed by atoms with E-state index in [4.69, 9.17) is 9.26 Å². The lowest BCUT2D eigenvalue weighted by Gasteiger charge is -2.21. The van der Waals surface area contributed by atoms with Crippen LogP contribution in [0.4, 0.5) is 0 Å². The van der Waals surface area contributed by atoms with Gasteiger partial charge in [0.1, 0.15) is 11.5 Å². The SMILES string of the molecule is COc1ccc(CN2CC(O)CC2c2nc(CS(=O)(=O)c3ccc(C)cc3)no2)cc1. The molecule has 164 valence electrons. The van der Waals surface area contributed by atoms with Crippen LogP contribution in [0, 0.1) is 6.92 Å². The molecular weight excluding hydrogens is 418 g/mol. The number of aryl methyl sites for hydroxylation is 1. The Morgan fingerprint density at radius 2 is 1.87 bits per heavy atom. The van der Waals surface area contributed by atoms with Crippen LogP contribution in [-0.4, -0.2) is 48.3 Å². The van der Waals surface area contributed by atoms with Gasteiger partial charge in [-0.05, 0) is 43.2 Å². The van der Waals surface area contributed by atoms with Crippen molar-refractivity contribution < 1.29 is 22.8 Å². The standard InChI is InChI=1S/C22H25N3O5S/c1-15-3-9-19(10-4-15)31(27,28)14-21-23-22(30-24-21)20-11-17(26)13-25(20)12-16-5-7-18(29-2)8-6-16/h3-10,17,20,26H,11-14H2,1-2H3. The highest BCUT2D eigenvalue weighted by molar-refractivity contribution is 7.90. The van der Waals surface area contributed by atoms with E-state index in [1.54, 1.807) is 31.4 Å². The molecule has 2 heterocycles. The maximum absolute atomic E-state index is 12.7. The van der Waals surface area contributed by atoms with Crippen molar-refractivity contribution in [3.05, 3.63) is 71.4 Å². The van der Waals surface area contributed by atoms with Crippen molar-refractivity contribution in [1.29, 1.82) is 0 Å². The molecular formula is C22H25N3O5S. The Morgan fingerprint density at radius 1 is 1.16 bits per heavy atom. The molecule has 0 radical (unpaired) electrons. The van der Waals surface area contributed by atoms with Gasteiger partial charge < -0.3 is 14.4 Å². The molecule has 0 bridgehead atoms. The number of likely N-dealkylation sites (tertiary alicyclic amines) is 1. The second-order valence-corrected chi connectivity index (χ2v) is 9.79. The van der Waals surface area contributed by atoms with E-state index in [0.29, 0.717) is 25.4 Å². The zero-order valence-electron chi connectivity index (χ0n) is 17.4. The topological polar surface area (TPSA) is 106 Å². The van der Waals surface area contributed by atoms with Gasteiger partial charge in [-0.25, -0.2) is 8.42 Å². The van der Waals surface area contributed by atoms with Gasteiger partial charge in [0.15, 0.2) is 15.7 Å². The Kier molecular flexibility index (Phi) is 6.08. The third-order valence-electron chi connectivity index (χ3n) is 5.39. The third kappa shape index (κ3) is 4.95. The smallest absolute Gasteiger partial charge is 0.244 e. The van der Waals surface area contributed by atoms with E-state index in [-0.39, 0.29) is 22.5 Å². The number of aromatic nitrogens is 2. The highest BCUT2D eigenvalue weighted by Gasteiger charge is 2.36. The summed E-state index contributed by atoms with van der Waals surface area (Å²) in [5.41, 5.74) is 2.04. The predicted octanol–water partition coefficient (Wildman–Crippen LogP) is 2.67. The summed E-state index contributed by atoms with van der Waals surface area (Å²) in [6.45, 7) is 2.96. The fourth-order valence-electron chi connectivity index (χ4n) is 3.74. The normalized spacial score (nSPS) is 19.6. The van der Waals surface area contributed by atoms with Crippen LogP contribution in [0.2, 0.25) is 0 Å². The van der Waals surface area contributed by atoms with E-state index in [2.05, 4.69) is 15.0 Å². The number of β-amino-alcohol motifs (C(OH)–C–C–N with tert-alkyl or cyclic N) is 1. The van der Waals surface area contributed by atoms with E-state index in [1.165, 1.54) is 0 Å². The first kappa shape index (κ1) is 21.5. The van der Waals surface area contributed by atoms with Crippen molar-refractivity contribution in [1.82, 2.24) is 15.0 Å². The molecule has 1 N–H and O–H groups in total. The molecule has 1 aromatic heterocycles. The van der Waals surface area contributed by atoms with Crippen LogP contribution in [0.1, 0.15) is 35.3 Å². The second kappa shape index (κ2) is 8.78. The Hall–Kier alpha value is -2.75. The van der Waals surface area contributed by atoms with Gasteiger partial charge >= 0.3 is 0 Å². The quantitative estimate of drug-likeness (QED) is 0.594. The first-order valence-electron chi connectivity index (χ1n) is 10.0. The summed E-state index contributed by atoms with van der Waals surface area (Å²) in [6, 6.07) is 14.1. The number of hydrogen-bond acceptors (Lipinski definition) is 8. The zero-order chi connectivity index (χ0) is 22.0. The minimum Gasteiger partial charge on any atom is -0.497 e. The predicted molar refractivity (Wildman–Crippen MR) is 113 cm³/mol. The van der Waals surface area contributed by atoms with Crippen LogP contribution in [0.5, 0.6) is 5.75 Å². The van der Waals surface area contributed by atoms with E-state index in [9.17, 15) is 13.5 Å². The summed E-state index contributed by atoms with van der Waals surface area (Å²) in [5, 5.41) is 14.1. The zero-order valence-corrected chi connectivity index (χ0v) is 18.2.